The number of nitrogens with zero attached hydrogens (tertiary/aromatic N) is 2. The molecule has 0 aromatic carbocycles. The first-order valence-electron chi connectivity index (χ1n) is 6.83. The first-order valence-corrected chi connectivity index (χ1v) is 7.71. The molecule has 0 saturated heterocycles. The molecule has 3 heteroatoms. The first-order chi connectivity index (χ1) is 8.70. The van der Waals surface area contributed by atoms with E-state index in [1.165, 1.54) is 17.7 Å². The van der Waals surface area contributed by atoms with Crippen LogP contribution in [0.5, 0.6) is 0 Å². The normalized spacial score (nSPS) is 28.2. The average molecular weight is 262 g/mol. The smallest absolute Gasteiger partial charge is 0.0672 e. The van der Waals surface area contributed by atoms with Crippen molar-refractivity contribution in [1.82, 2.24) is 4.90 Å². The number of hydrogen-bond donors (Lipinski definition) is 0. The van der Waals surface area contributed by atoms with Gasteiger partial charge in [0.15, 0.2) is 0 Å². The zero-order valence-corrected chi connectivity index (χ0v) is 12.1. The van der Waals surface area contributed by atoms with Crippen LogP contribution in [-0.2, 0) is 6.42 Å². The fourth-order valence-electron chi connectivity index (χ4n) is 2.90. The van der Waals surface area contributed by atoms with E-state index >= 15 is 0 Å². The number of nitriles is 1. The molecule has 2 nitrogen and oxygen atoms in total. The minimum Gasteiger partial charge on any atom is -0.302 e. The van der Waals surface area contributed by atoms with Crippen molar-refractivity contribution in [2.45, 2.75) is 38.6 Å². The van der Waals surface area contributed by atoms with Gasteiger partial charge in [-0.05, 0) is 50.1 Å². The van der Waals surface area contributed by atoms with E-state index in [-0.39, 0.29) is 5.92 Å². The summed E-state index contributed by atoms with van der Waals surface area (Å²) in [6.07, 6.45) is 4.58. The van der Waals surface area contributed by atoms with E-state index in [0.29, 0.717) is 6.04 Å². The molecule has 0 radical (unpaired) electrons. The van der Waals surface area contributed by atoms with Crippen LogP contribution in [0.3, 0.4) is 0 Å². The Labute approximate surface area is 114 Å². The van der Waals surface area contributed by atoms with E-state index in [2.05, 4.69) is 42.5 Å². The van der Waals surface area contributed by atoms with Gasteiger partial charge in [0.1, 0.15) is 0 Å². The van der Waals surface area contributed by atoms with Gasteiger partial charge in [-0.15, -0.1) is 11.3 Å². The van der Waals surface area contributed by atoms with Gasteiger partial charge < -0.3 is 4.90 Å². The summed E-state index contributed by atoms with van der Waals surface area (Å²) in [5, 5.41) is 11.4. The molecule has 1 aromatic heterocycles. The van der Waals surface area contributed by atoms with E-state index < -0.39 is 0 Å². The SMILES string of the molecule is CC1CCC(C#N)C(N(C)CCc2cccs2)C1. The van der Waals surface area contributed by atoms with E-state index in [1.54, 1.807) is 0 Å². The van der Waals surface area contributed by atoms with Crippen molar-refractivity contribution in [3.05, 3.63) is 22.4 Å². The van der Waals surface area contributed by atoms with Gasteiger partial charge in [-0.2, -0.15) is 5.26 Å². The highest BCUT2D eigenvalue weighted by Crippen LogP contribution is 2.31. The Hall–Kier alpha value is -0.850. The highest BCUT2D eigenvalue weighted by molar-refractivity contribution is 7.09. The van der Waals surface area contributed by atoms with Crippen molar-refractivity contribution < 1.29 is 0 Å². The maximum atomic E-state index is 9.27. The summed E-state index contributed by atoms with van der Waals surface area (Å²) < 4.78 is 0. The number of thiophene rings is 1. The molecule has 18 heavy (non-hydrogen) atoms. The topological polar surface area (TPSA) is 27.0 Å². The average Bonchev–Trinajstić information content (AvgIpc) is 2.89. The predicted octanol–water partition coefficient (Wildman–Crippen LogP) is 3.55. The lowest BCUT2D eigenvalue weighted by molar-refractivity contribution is 0.132. The van der Waals surface area contributed by atoms with Crippen LogP contribution in [0.4, 0.5) is 0 Å². The Bertz CT molecular complexity index is 393. The molecule has 1 aliphatic carbocycles. The van der Waals surface area contributed by atoms with Gasteiger partial charge in [-0.3, -0.25) is 0 Å². The Balaban J connectivity index is 1.89. The van der Waals surface area contributed by atoms with Gasteiger partial charge in [-0.25, -0.2) is 0 Å². The van der Waals surface area contributed by atoms with Crippen LogP contribution in [0.1, 0.15) is 31.1 Å². The van der Waals surface area contributed by atoms with Gasteiger partial charge in [0.05, 0.1) is 12.0 Å². The van der Waals surface area contributed by atoms with Crippen LogP contribution in [0.2, 0.25) is 0 Å². The summed E-state index contributed by atoms with van der Waals surface area (Å²) in [5.41, 5.74) is 0. The highest BCUT2D eigenvalue weighted by atomic mass is 32.1. The van der Waals surface area contributed by atoms with Crippen LogP contribution in [0, 0.1) is 23.2 Å². The molecule has 0 bridgehead atoms. The molecule has 3 unspecified atom stereocenters. The molecule has 1 aromatic rings. The van der Waals surface area contributed by atoms with Gasteiger partial charge in [0.25, 0.3) is 0 Å². The molecule has 0 N–H and O–H groups in total. The van der Waals surface area contributed by atoms with Crippen LogP contribution >= 0.6 is 11.3 Å². The quantitative estimate of drug-likeness (QED) is 0.829. The summed E-state index contributed by atoms with van der Waals surface area (Å²) in [4.78, 5) is 3.85. The Kier molecular flexibility index (Phi) is 4.79. The molecular weight excluding hydrogens is 240 g/mol. The first kappa shape index (κ1) is 13.6. The minimum atomic E-state index is 0.231. The van der Waals surface area contributed by atoms with E-state index in [1.807, 2.05) is 11.3 Å². The zero-order chi connectivity index (χ0) is 13.0. The van der Waals surface area contributed by atoms with Crippen molar-refractivity contribution in [3.8, 4) is 6.07 Å². The fraction of sp³-hybridized carbons (Fsp3) is 0.667. The van der Waals surface area contributed by atoms with Crippen molar-refractivity contribution in [3.63, 3.8) is 0 Å². The summed E-state index contributed by atoms with van der Waals surface area (Å²) in [5.74, 6) is 0.998. The lowest BCUT2D eigenvalue weighted by Crippen LogP contribution is -2.42. The Morgan fingerprint density at radius 2 is 2.33 bits per heavy atom. The number of rotatable bonds is 4. The largest absolute Gasteiger partial charge is 0.302 e. The predicted molar refractivity (Wildman–Crippen MR) is 76.6 cm³/mol. The maximum absolute atomic E-state index is 9.27. The van der Waals surface area contributed by atoms with E-state index in [9.17, 15) is 5.26 Å². The third kappa shape index (κ3) is 3.34. The third-order valence-electron chi connectivity index (χ3n) is 4.10. The molecule has 0 aliphatic heterocycles. The minimum absolute atomic E-state index is 0.231. The molecule has 3 atom stereocenters. The van der Waals surface area contributed by atoms with E-state index in [0.717, 1.165) is 25.3 Å². The molecule has 0 spiro atoms. The number of hydrogen-bond acceptors (Lipinski definition) is 3. The second-order valence-corrected chi connectivity index (χ2v) is 6.56. The van der Waals surface area contributed by atoms with Gasteiger partial charge in [0.2, 0.25) is 0 Å². The lowest BCUT2D eigenvalue weighted by atomic mass is 9.79. The van der Waals surface area contributed by atoms with Crippen molar-refractivity contribution in [2.75, 3.05) is 13.6 Å². The Morgan fingerprint density at radius 1 is 1.50 bits per heavy atom. The number of likely N-dealkylation sites (N-methyl/N-ethyl adjacent to an activating group) is 1. The molecule has 0 amide bonds. The maximum Gasteiger partial charge on any atom is 0.0672 e. The highest BCUT2D eigenvalue weighted by Gasteiger charge is 2.31. The summed E-state index contributed by atoms with van der Waals surface area (Å²) >= 11 is 1.83. The molecule has 1 heterocycles. The molecule has 1 saturated carbocycles. The molecular formula is C15H22N2S. The van der Waals surface area contributed by atoms with Crippen molar-refractivity contribution >= 4 is 11.3 Å². The van der Waals surface area contributed by atoms with Gasteiger partial charge in [0, 0.05) is 17.5 Å². The molecule has 2 rings (SSSR count). The summed E-state index contributed by atoms with van der Waals surface area (Å²) in [6, 6.07) is 7.28. The monoisotopic (exact) mass is 262 g/mol. The second kappa shape index (κ2) is 6.36. The van der Waals surface area contributed by atoms with Gasteiger partial charge in [-0.1, -0.05) is 13.0 Å². The van der Waals surface area contributed by atoms with Crippen LogP contribution in [0.25, 0.3) is 0 Å². The van der Waals surface area contributed by atoms with Crippen LogP contribution in [-0.4, -0.2) is 24.5 Å². The standard InChI is InChI=1S/C15H22N2S/c1-12-5-6-13(11-16)15(10-12)17(2)8-7-14-4-3-9-18-14/h3-4,9,12-13,15H,5-8,10H2,1-2H3. The van der Waals surface area contributed by atoms with Crippen LogP contribution < -0.4 is 0 Å². The lowest BCUT2D eigenvalue weighted by Gasteiger charge is -2.37. The van der Waals surface area contributed by atoms with Gasteiger partial charge >= 0.3 is 0 Å². The fourth-order valence-corrected chi connectivity index (χ4v) is 3.59. The third-order valence-corrected chi connectivity index (χ3v) is 5.04. The van der Waals surface area contributed by atoms with Crippen molar-refractivity contribution in [2.24, 2.45) is 11.8 Å². The molecule has 1 aliphatic rings. The molecule has 1 fully saturated rings. The van der Waals surface area contributed by atoms with E-state index in [4.69, 9.17) is 0 Å². The van der Waals surface area contributed by atoms with Crippen LogP contribution in [0.15, 0.2) is 17.5 Å². The van der Waals surface area contributed by atoms with Crippen molar-refractivity contribution in [1.29, 1.82) is 5.26 Å². The molecule has 98 valence electrons. The summed E-state index contributed by atoms with van der Waals surface area (Å²) in [6.45, 7) is 3.38. The Morgan fingerprint density at radius 3 is 3.00 bits per heavy atom. The zero-order valence-electron chi connectivity index (χ0n) is 11.3. The second-order valence-electron chi connectivity index (χ2n) is 5.53. The summed E-state index contributed by atoms with van der Waals surface area (Å²) in [7, 11) is 2.18.